The molecule has 0 aliphatic heterocycles. The minimum absolute atomic E-state index is 0.216. The Hall–Kier alpha value is -9.51. The second-order valence-corrected chi connectivity index (χ2v) is 22.9. The van der Waals surface area contributed by atoms with Crippen LogP contribution in [0.3, 0.4) is 0 Å². The Morgan fingerprint density at radius 2 is 0.899 bits per heavy atom. The first-order valence-corrected chi connectivity index (χ1v) is 28.0. The van der Waals surface area contributed by atoms with E-state index in [0.717, 1.165) is 37.9 Å². The molecule has 6 aromatic heterocycles. The van der Waals surface area contributed by atoms with E-state index in [-0.39, 0.29) is 27.4 Å². The number of benzene rings is 6. The number of fused-ring (bicyclic) bond motifs is 2. The van der Waals surface area contributed by atoms with Gasteiger partial charge in [0.2, 0.25) is 0 Å². The highest BCUT2D eigenvalue weighted by Gasteiger charge is 2.27. The Labute approximate surface area is 449 Å². The molecule has 0 saturated carbocycles. The van der Waals surface area contributed by atoms with Crippen LogP contribution in [0, 0.1) is 0 Å². The summed E-state index contributed by atoms with van der Waals surface area (Å²) in [6.07, 6.45) is 7.27. The molecule has 0 spiro atoms. The maximum atomic E-state index is 13.3. The summed E-state index contributed by atoms with van der Waals surface area (Å²) in [6.45, 7) is 0.648. The van der Waals surface area contributed by atoms with Crippen molar-refractivity contribution in [3.63, 3.8) is 0 Å². The van der Waals surface area contributed by atoms with Crippen LogP contribution in [0.2, 0.25) is 0 Å². The minimum atomic E-state index is -3.88. The normalized spacial score (nSPS) is 13.0. The van der Waals surface area contributed by atoms with Crippen molar-refractivity contribution in [2.45, 2.75) is 13.1 Å². The molecule has 0 fully saturated rings. The van der Waals surface area contributed by atoms with E-state index in [4.69, 9.17) is 4.98 Å². The van der Waals surface area contributed by atoms with E-state index in [0.29, 0.717) is 41.4 Å². The van der Waals surface area contributed by atoms with E-state index in [9.17, 15) is 38.1 Å². The first-order chi connectivity index (χ1) is 38.1. The Kier molecular flexibility index (Phi) is 13.6. The molecule has 0 saturated heterocycles. The molecule has 0 amide bonds. The maximum absolute atomic E-state index is 13.3. The fourth-order valence-corrected chi connectivity index (χ4v) is 12.0. The van der Waals surface area contributed by atoms with Crippen LogP contribution in [0.25, 0.3) is 67.4 Å². The molecule has 6 aromatic carbocycles. The number of rotatable bonds is 12. The summed E-state index contributed by atoms with van der Waals surface area (Å²) in [6, 6.07) is 52.6. The van der Waals surface area contributed by atoms with Gasteiger partial charge in [-0.1, -0.05) is 133 Å². The molecule has 3 N–H and O–H groups in total. The first kappa shape index (κ1) is 51.6. The lowest BCUT2D eigenvalue weighted by Crippen LogP contribution is -2.37. The number of aromatic nitrogens is 11. The second kappa shape index (κ2) is 20.8. The third-order valence-electron chi connectivity index (χ3n) is 13.8. The fraction of sp³-hybridized carbons (Fsp3) is 0.0862. The number of hydrogen-bond donors (Lipinski definition) is 3. The summed E-state index contributed by atoms with van der Waals surface area (Å²) < 4.78 is 35.8. The molecule has 21 heteroatoms. The van der Waals surface area contributed by atoms with E-state index < -0.39 is 37.5 Å². The van der Waals surface area contributed by atoms with E-state index in [1.165, 1.54) is 43.6 Å². The van der Waals surface area contributed by atoms with Crippen LogP contribution in [-0.4, -0.2) is 61.2 Å². The van der Waals surface area contributed by atoms with Gasteiger partial charge in [0.25, 0.3) is 11.1 Å². The Morgan fingerprint density at radius 3 is 1.37 bits per heavy atom. The van der Waals surface area contributed by atoms with Crippen molar-refractivity contribution in [3.8, 4) is 45.0 Å². The van der Waals surface area contributed by atoms with Crippen molar-refractivity contribution in [2.24, 2.45) is 21.1 Å². The van der Waals surface area contributed by atoms with Crippen molar-refractivity contribution < 1.29 is 18.9 Å². The zero-order valence-electron chi connectivity index (χ0n) is 42.7. The van der Waals surface area contributed by atoms with Crippen LogP contribution in [-0.2, 0) is 43.4 Å². The standard InChI is InChI=1S/C30H26N5O4P.C28H23N6O4P/c1-32-28-26(29(36)33(2)30(32)37)35(20-21-10-12-23(13-11-21)22-8-4-3-5-9-22)27(31-28)24-14-16-25(17-15-24)40(38,39)34-18-6-7-19-34;1-32-26-24(27(35)31-28(32)36)34(17-19-7-9-21(10-8-19)20-5-3-2-4-6-20)25(30-26)22-11-13-23(14-12-22)39(37,38)33-16-15-29-18-33/h3-19H,20H2,1-2H3,(H,38,39);2-16,18H,17H2,1H3,(H,37,38)(H,31,35,36). The van der Waals surface area contributed by atoms with Crippen molar-refractivity contribution >= 4 is 48.0 Å². The number of aryl methyl sites for hydroxylation is 2. The molecule has 6 heterocycles. The number of nitrogens with zero attached hydrogens (tertiary/aromatic N) is 10. The average Bonchev–Trinajstić information content (AvgIpc) is 4.53. The molecule has 2 atom stereocenters. The summed E-state index contributed by atoms with van der Waals surface area (Å²) in [4.78, 5) is 88.2. The van der Waals surface area contributed by atoms with Gasteiger partial charge in [0.1, 0.15) is 18.0 Å². The number of H-pyrrole nitrogens is 1. The smallest absolute Gasteiger partial charge is 0.326 e. The van der Waals surface area contributed by atoms with E-state index in [1.54, 1.807) is 96.3 Å². The summed E-state index contributed by atoms with van der Waals surface area (Å²) in [5, 5.41) is 0.476. The molecule has 12 rings (SSSR count). The SMILES string of the molecule is Cn1c(=O)[nH]c(=O)c2c1nc(-c1ccc(P(=O)(O)n3ccnc3)cc1)n2Cc1ccc(-c2ccccc2)cc1.Cn1c(=O)c2c(nc(-c3ccc(P(=O)(O)n4cccc4)cc3)n2Cc2ccc(-c3ccccc3)cc2)n(C)c1=O. The Bertz CT molecular complexity index is 4550. The Balaban J connectivity index is 0.000000167. The van der Waals surface area contributed by atoms with Crippen LogP contribution < -0.4 is 33.1 Å². The third kappa shape index (κ3) is 9.72. The highest BCUT2D eigenvalue weighted by atomic mass is 31.2. The van der Waals surface area contributed by atoms with Gasteiger partial charge in [-0.15, -0.1) is 0 Å². The van der Waals surface area contributed by atoms with Crippen LogP contribution in [0.4, 0.5) is 0 Å². The van der Waals surface area contributed by atoms with Crippen molar-refractivity contribution in [1.29, 1.82) is 0 Å². The van der Waals surface area contributed by atoms with Gasteiger partial charge in [-0.3, -0.25) is 46.1 Å². The second-order valence-electron chi connectivity index (χ2n) is 18.7. The molecule has 79 heavy (non-hydrogen) atoms. The predicted octanol–water partition coefficient (Wildman–Crippen LogP) is 7.34. The molecular weight excluding hydrogens is 1040 g/mol. The summed E-state index contributed by atoms with van der Waals surface area (Å²) in [5.74, 6) is 0.923. The molecule has 0 bridgehead atoms. The zero-order chi connectivity index (χ0) is 55.2. The van der Waals surface area contributed by atoms with Crippen LogP contribution in [0.1, 0.15) is 11.1 Å². The van der Waals surface area contributed by atoms with Crippen molar-refractivity contribution in [1.82, 2.24) is 51.4 Å². The fourth-order valence-electron chi connectivity index (χ4n) is 9.46. The van der Waals surface area contributed by atoms with Crippen molar-refractivity contribution in [2.75, 3.05) is 0 Å². The summed E-state index contributed by atoms with van der Waals surface area (Å²) >= 11 is 0. The quantitative estimate of drug-likeness (QED) is 0.103. The monoisotopic (exact) mass is 1090 g/mol. The van der Waals surface area contributed by atoms with Gasteiger partial charge in [-0.2, -0.15) is 0 Å². The van der Waals surface area contributed by atoms with Gasteiger partial charge in [0.05, 0.1) is 10.6 Å². The summed E-state index contributed by atoms with van der Waals surface area (Å²) in [7, 11) is -3.12. The molecule has 2 unspecified atom stereocenters. The highest BCUT2D eigenvalue weighted by Crippen LogP contribution is 2.42. The van der Waals surface area contributed by atoms with Crippen LogP contribution in [0.15, 0.2) is 220 Å². The van der Waals surface area contributed by atoms with Crippen LogP contribution in [0.5, 0.6) is 0 Å². The maximum Gasteiger partial charge on any atom is 0.332 e. The number of hydrogen-bond acceptors (Lipinski definition) is 9. The molecule has 0 aliphatic carbocycles. The van der Waals surface area contributed by atoms with Crippen LogP contribution >= 0.6 is 15.0 Å². The van der Waals surface area contributed by atoms with Gasteiger partial charge in [0, 0.05) is 70.1 Å². The van der Waals surface area contributed by atoms with E-state index >= 15 is 0 Å². The number of nitrogens with one attached hydrogen (secondary N) is 1. The molecule has 0 radical (unpaired) electrons. The van der Waals surface area contributed by atoms with Gasteiger partial charge >= 0.3 is 26.4 Å². The number of aromatic amines is 1. The van der Waals surface area contributed by atoms with Gasteiger partial charge < -0.3 is 18.9 Å². The van der Waals surface area contributed by atoms with E-state index in [1.807, 2.05) is 109 Å². The van der Waals surface area contributed by atoms with Gasteiger partial charge in [-0.05, 0) is 69.8 Å². The largest absolute Gasteiger partial charge is 0.332 e. The molecule has 19 nitrogen and oxygen atoms in total. The number of imidazole rings is 3. The lowest BCUT2D eigenvalue weighted by Gasteiger charge is -2.14. The Morgan fingerprint density at radius 1 is 0.468 bits per heavy atom. The summed E-state index contributed by atoms with van der Waals surface area (Å²) in [5.41, 5.74) is 6.55. The molecular formula is C58H49N11O8P2. The topological polar surface area (TPSA) is 232 Å². The van der Waals surface area contributed by atoms with Crippen molar-refractivity contribution in [3.05, 3.63) is 254 Å². The van der Waals surface area contributed by atoms with Gasteiger partial charge in [-0.25, -0.2) is 24.5 Å². The average molecular weight is 1090 g/mol. The zero-order valence-corrected chi connectivity index (χ0v) is 44.5. The minimum Gasteiger partial charge on any atom is -0.326 e. The van der Waals surface area contributed by atoms with E-state index in [2.05, 4.69) is 15.0 Å². The molecule has 12 aromatic rings. The highest BCUT2D eigenvalue weighted by molar-refractivity contribution is 7.64. The lowest BCUT2D eigenvalue weighted by atomic mass is 10.0. The van der Waals surface area contributed by atoms with Gasteiger partial charge in [0.15, 0.2) is 22.3 Å². The molecule has 394 valence electrons. The first-order valence-electron chi connectivity index (χ1n) is 24.7. The lowest BCUT2D eigenvalue weighted by molar-refractivity contribution is 0.478. The third-order valence-corrected chi connectivity index (χ3v) is 17.5. The molecule has 0 aliphatic rings. The predicted molar refractivity (Wildman–Crippen MR) is 305 cm³/mol.